The molecule has 2 aliphatic heterocycles. The van der Waals surface area contributed by atoms with Crippen LogP contribution >= 0.6 is 0 Å². The van der Waals surface area contributed by atoms with Gasteiger partial charge in [-0.1, -0.05) is 31.5 Å². The maximum absolute atomic E-state index is 13.3. The van der Waals surface area contributed by atoms with Crippen LogP contribution in [-0.2, 0) is 22.6 Å². The number of benzene rings is 1. The number of hydrogen-bond donors (Lipinski definition) is 2. The van der Waals surface area contributed by atoms with Gasteiger partial charge in [-0.15, -0.1) is 0 Å². The monoisotopic (exact) mass is 449 g/mol. The number of urea groups is 1. The number of imide groups is 1. The highest BCUT2D eigenvalue weighted by Gasteiger charge is 2.47. The minimum Gasteiger partial charge on any atom is -0.325 e. The molecule has 174 valence electrons. The zero-order chi connectivity index (χ0) is 23.2. The molecule has 4 rings (SSSR count). The highest BCUT2D eigenvalue weighted by atomic mass is 16.2. The van der Waals surface area contributed by atoms with Crippen molar-refractivity contribution in [1.82, 2.24) is 20.1 Å². The number of carbonyl (C=O) groups is 3. The maximum atomic E-state index is 13.3. The van der Waals surface area contributed by atoms with Gasteiger partial charge in [0, 0.05) is 18.1 Å². The third kappa shape index (κ3) is 5.39. The summed E-state index contributed by atoms with van der Waals surface area (Å²) in [7, 11) is 0. The summed E-state index contributed by atoms with van der Waals surface area (Å²) in [6.07, 6.45) is 8.12. The van der Waals surface area contributed by atoms with E-state index in [4.69, 9.17) is 0 Å². The molecule has 0 saturated carbocycles. The van der Waals surface area contributed by atoms with Crippen LogP contribution in [0.4, 0.5) is 10.5 Å². The van der Waals surface area contributed by atoms with E-state index < -0.39 is 12.1 Å². The molecule has 1 aromatic heterocycles. The largest absolute Gasteiger partial charge is 0.327 e. The average molecular weight is 450 g/mol. The SMILES string of the molecule is CCCCc1ccc(NC(=O)CN2C(=O)N(Cc3cccnc3)C(=O)C3NCCCC32)cc1. The van der Waals surface area contributed by atoms with Crippen LogP contribution in [0.1, 0.15) is 43.7 Å². The fourth-order valence-electron chi connectivity index (χ4n) is 4.51. The van der Waals surface area contributed by atoms with E-state index in [-0.39, 0.29) is 30.9 Å². The first-order chi connectivity index (χ1) is 16.1. The minimum absolute atomic E-state index is 0.101. The number of hydrogen-bond acceptors (Lipinski definition) is 5. The van der Waals surface area contributed by atoms with Crippen LogP contribution < -0.4 is 10.6 Å². The zero-order valence-electron chi connectivity index (χ0n) is 19.0. The number of rotatable bonds is 8. The topological polar surface area (TPSA) is 94.6 Å². The number of fused-ring (bicyclic) bond motifs is 1. The summed E-state index contributed by atoms with van der Waals surface area (Å²) in [5.41, 5.74) is 2.70. The molecule has 2 saturated heterocycles. The van der Waals surface area contributed by atoms with Crippen LogP contribution in [0.5, 0.6) is 0 Å². The standard InChI is InChI=1S/C25H31N5O3/c1-2-3-6-18-9-11-20(12-10-18)28-22(31)17-29-21-8-5-14-27-23(21)24(32)30(25(29)33)16-19-7-4-13-26-15-19/h4,7,9-13,15,21,23,27H,2-3,5-6,8,14,16-17H2,1H3,(H,28,31). The van der Waals surface area contributed by atoms with Crippen LogP contribution in [0.25, 0.3) is 0 Å². The van der Waals surface area contributed by atoms with E-state index in [0.717, 1.165) is 31.2 Å². The fraction of sp³-hybridized carbons (Fsp3) is 0.440. The van der Waals surface area contributed by atoms with E-state index in [9.17, 15) is 14.4 Å². The first kappa shape index (κ1) is 22.9. The zero-order valence-corrected chi connectivity index (χ0v) is 19.0. The van der Waals surface area contributed by atoms with Gasteiger partial charge in [-0.3, -0.25) is 19.5 Å². The van der Waals surface area contributed by atoms with Gasteiger partial charge in [0.2, 0.25) is 11.8 Å². The second kappa shape index (κ2) is 10.6. The van der Waals surface area contributed by atoms with E-state index in [1.807, 2.05) is 30.3 Å². The van der Waals surface area contributed by atoms with Crippen molar-refractivity contribution < 1.29 is 14.4 Å². The van der Waals surface area contributed by atoms with Gasteiger partial charge in [-0.25, -0.2) is 4.79 Å². The number of pyridine rings is 1. The molecule has 1 aromatic carbocycles. The minimum atomic E-state index is -0.501. The fourth-order valence-corrected chi connectivity index (χ4v) is 4.51. The Hall–Kier alpha value is -3.26. The normalized spacial score (nSPS) is 20.5. The highest BCUT2D eigenvalue weighted by molar-refractivity contribution is 6.02. The van der Waals surface area contributed by atoms with Gasteiger partial charge < -0.3 is 15.5 Å². The van der Waals surface area contributed by atoms with Crippen molar-refractivity contribution in [3.05, 3.63) is 59.9 Å². The number of amides is 4. The van der Waals surface area contributed by atoms with Gasteiger partial charge >= 0.3 is 6.03 Å². The lowest BCUT2D eigenvalue weighted by molar-refractivity contribution is -0.138. The molecule has 0 spiro atoms. The molecule has 0 radical (unpaired) electrons. The summed E-state index contributed by atoms with van der Waals surface area (Å²) in [6, 6.07) is 10.2. The highest BCUT2D eigenvalue weighted by Crippen LogP contribution is 2.26. The Morgan fingerprint density at radius 3 is 2.73 bits per heavy atom. The molecule has 0 aliphatic carbocycles. The molecular weight excluding hydrogens is 418 g/mol. The molecule has 4 amide bonds. The van der Waals surface area contributed by atoms with Gasteiger partial charge in [-0.2, -0.15) is 0 Å². The number of anilines is 1. The lowest BCUT2D eigenvalue weighted by atomic mass is 9.93. The maximum Gasteiger partial charge on any atom is 0.327 e. The molecule has 2 aliphatic rings. The molecule has 2 unspecified atom stereocenters. The van der Waals surface area contributed by atoms with Gasteiger partial charge in [-0.05, 0) is 61.6 Å². The number of nitrogens with zero attached hydrogens (tertiary/aromatic N) is 3. The van der Waals surface area contributed by atoms with Crippen molar-refractivity contribution in [3.63, 3.8) is 0 Å². The lowest BCUT2D eigenvalue weighted by Crippen LogP contribution is -2.70. The lowest BCUT2D eigenvalue weighted by Gasteiger charge is -2.46. The summed E-state index contributed by atoms with van der Waals surface area (Å²) in [6.45, 7) is 2.91. The van der Waals surface area contributed by atoms with Crippen LogP contribution in [0.2, 0.25) is 0 Å². The smallest absolute Gasteiger partial charge is 0.325 e. The second-order valence-corrected chi connectivity index (χ2v) is 8.69. The average Bonchev–Trinajstić information content (AvgIpc) is 2.84. The van der Waals surface area contributed by atoms with Gasteiger partial charge in [0.05, 0.1) is 12.6 Å². The van der Waals surface area contributed by atoms with Crippen molar-refractivity contribution >= 4 is 23.5 Å². The molecule has 8 nitrogen and oxygen atoms in total. The van der Waals surface area contributed by atoms with Gasteiger partial charge in [0.1, 0.15) is 12.6 Å². The predicted octanol–water partition coefficient (Wildman–Crippen LogP) is 2.95. The molecule has 2 aromatic rings. The molecule has 0 bridgehead atoms. The molecule has 2 atom stereocenters. The summed E-state index contributed by atoms with van der Waals surface area (Å²) in [5.74, 6) is -0.516. The molecule has 3 heterocycles. The van der Waals surface area contributed by atoms with E-state index in [0.29, 0.717) is 18.7 Å². The number of aryl methyl sites for hydroxylation is 1. The summed E-state index contributed by atoms with van der Waals surface area (Å²) in [5, 5.41) is 6.15. The van der Waals surface area contributed by atoms with Crippen molar-refractivity contribution in [2.75, 3.05) is 18.4 Å². The quantitative estimate of drug-likeness (QED) is 0.646. The number of carbonyl (C=O) groups excluding carboxylic acids is 3. The number of nitrogens with one attached hydrogen (secondary N) is 2. The molecule has 33 heavy (non-hydrogen) atoms. The van der Waals surface area contributed by atoms with E-state index in [1.165, 1.54) is 10.5 Å². The Kier molecular flexibility index (Phi) is 7.34. The summed E-state index contributed by atoms with van der Waals surface area (Å²) in [4.78, 5) is 46.1. The molecule has 2 N–H and O–H groups in total. The van der Waals surface area contributed by atoms with Crippen LogP contribution in [0.3, 0.4) is 0 Å². The van der Waals surface area contributed by atoms with Gasteiger partial charge in [0.15, 0.2) is 0 Å². The Labute approximate surface area is 194 Å². The first-order valence-electron chi connectivity index (χ1n) is 11.7. The van der Waals surface area contributed by atoms with Crippen molar-refractivity contribution in [3.8, 4) is 0 Å². The van der Waals surface area contributed by atoms with Crippen molar-refractivity contribution in [2.45, 2.75) is 57.7 Å². The third-order valence-corrected chi connectivity index (χ3v) is 6.27. The molecule has 2 fully saturated rings. The molecular formula is C25H31N5O3. The first-order valence-corrected chi connectivity index (χ1v) is 11.7. The summed E-state index contributed by atoms with van der Waals surface area (Å²) < 4.78 is 0. The Bertz CT molecular complexity index is 979. The van der Waals surface area contributed by atoms with Crippen LogP contribution in [0, 0.1) is 0 Å². The van der Waals surface area contributed by atoms with Crippen LogP contribution in [-0.4, -0.2) is 57.8 Å². The number of unbranched alkanes of at least 4 members (excludes halogenated alkanes) is 1. The molecule has 8 heteroatoms. The number of aromatic nitrogens is 1. The van der Waals surface area contributed by atoms with E-state index in [1.54, 1.807) is 23.4 Å². The van der Waals surface area contributed by atoms with E-state index >= 15 is 0 Å². The van der Waals surface area contributed by atoms with Crippen molar-refractivity contribution in [2.24, 2.45) is 0 Å². The third-order valence-electron chi connectivity index (χ3n) is 6.27. The van der Waals surface area contributed by atoms with Crippen molar-refractivity contribution in [1.29, 1.82) is 0 Å². The Morgan fingerprint density at radius 1 is 1.18 bits per heavy atom. The van der Waals surface area contributed by atoms with Gasteiger partial charge in [0.25, 0.3) is 0 Å². The second-order valence-electron chi connectivity index (χ2n) is 8.69. The predicted molar refractivity (Wildman–Crippen MR) is 125 cm³/mol. The summed E-state index contributed by atoms with van der Waals surface area (Å²) >= 11 is 0. The van der Waals surface area contributed by atoms with Crippen LogP contribution in [0.15, 0.2) is 48.8 Å². The van der Waals surface area contributed by atoms with E-state index in [2.05, 4.69) is 22.5 Å². The number of piperidine rings is 1. The Balaban J connectivity index is 1.46. The Morgan fingerprint density at radius 2 is 2.00 bits per heavy atom.